The minimum absolute atomic E-state index is 0.00256. The normalized spacial score (nSPS) is 29.1. The minimum atomic E-state index is -0.370. The Balaban J connectivity index is 1.77. The topological polar surface area (TPSA) is 84.7 Å². The molecule has 1 aromatic rings. The Morgan fingerprint density at radius 3 is 2.68 bits per heavy atom. The zero-order valence-electron chi connectivity index (χ0n) is 14.9. The van der Waals surface area contributed by atoms with E-state index in [1.165, 1.54) is 0 Å². The van der Waals surface area contributed by atoms with Gasteiger partial charge in [0.15, 0.2) is 0 Å². The molecule has 1 aromatic carbocycles. The van der Waals surface area contributed by atoms with Crippen molar-refractivity contribution in [3.63, 3.8) is 0 Å². The molecular weight excluding hydrogens is 318 g/mol. The zero-order chi connectivity index (χ0) is 18.0. The van der Waals surface area contributed by atoms with Crippen LogP contribution >= 0.6 is 0 Å². The highest BCUT2D eigenvalue weighted by Crippen LogP contribution is 2.38. The molecular formula is C19H27N3O3. The van der Waals surface area contributed by atoms with Gasteiger partial charge >= 0.3 is 0 Å². The molecule has 4 unspecified atom stereocenters. The third-order valence-electron chi connectivity index (χ3n) is 5.67. The van der Waals surface area contributed by atoms with Gasteiger partial charge in [0, 0.05) is 19.5 Å². The first kappa shape index (κ1) is 17.7. The van der Waals surface area contributed by atoms with Crippen LogP contribution in [0.3, 0.4) is 0 Å². The van der Waals surface area contributed by atoms with Gasteiger partial charge in [0.1, 0.15) is 5.75 Å². The third kappa shape index (κ3) is 3.49. The van der Waals surface area contributed by atoms with E-state index in [-0.39, 0.29) is 36.2 Å². The lowest BCUT2D eigenvalue weighted by Gasteiger charge is -2.27. The molecule has 136 valence electrons. The van der Waals surface area contributed by atoms with Gasteiger partial charge in [-0.3, -0.25) is 9.59 Å². The summed E-state index contributed by atoms with van der Waals surface area (Å²) in [4.78, 5) is 26.8. The lowest BCUT2D eigenvalue weighted by atomic mass is 9.92. The maximum absolute atomic E-state index is 12.9. The number of amides is 2. The van der Waals surface area contributed by atoms with Crippen LogP contribution < -0.4 is 15.8 Å². The summed E-state index contributed by atoms with van der Waals surface area (Å²) in [6.07, 6.45) is 3.38. The van der Waals surface area contributed by atoms with Crippen molar-refractivity contribution >= 4 is 11.8 Å². The van der Waals surface area contributed by atoms with Crippen molar-refractivity contribution in [3.8, 4) is 5.75 Å². The molecule has 25 heavy (non-hydrogen) atoms. The summed E-state index contributed by atoms with van der Waals surface area (Å²) in [6.45, 7) is 0.594. The molecule has 1 aliphatic heterocycles. The highest BCUT2D eigenvalue weighted by molar-refractivity contribution is 5.90. The molecule has 1 heterocycles. The van der Waals surface area contributed by atoms with Gasteiger partial charge in [-0.2, -0.15) is 0 Å². The van der Waals surface area contributed by atoms with Gasteiger partial charge in [-0.25, -0.2) is 0 Å². The highest BCUT2D eigenvalue weighted by Gasteiger charge is 2.43. The SMILES string of the molecule is COc1ccc(C2C(C(=O)NC3CCCC3CN)CC(=O)N2C)cc1. The zero-order valence-corrected chi connectivity index (χ0v) is 14.9. The van der Waals surface area contributed by atoms with Crippen LogP contribution in [-0.2, 0) is 9.59 Å². The maximum Gasteiger partial charge on any atom is 0.226 e. The maximum atomic E-state index is 12.9. The number of rotatable bonds is 5. The van der Waals surface area contributed by atoms with Crippen molar-refractivity contribution in [2.45, 2.75) is 37.8 Å². The van der Waals surface area contributed by atoms with Crippen molar-refractivity contribution in [2.75, 3.05) is 20.7 Å². The average Bonchev–Trinajstić information content (AvgIpc) is 3.19. The largest absolute Gasteiger partial charge is 0.497 e. The highest BCUT2D eigenvalue weighted by atomic mass is 16.5. The Kier molecular flexibility index (Phi) is 5.27. The van der Waals surface area contributed by atoms with Crippen molar-refractivity contribution in [1.29, 1.82) is 0 Å². The molecule has 0 spiro atoms. The number of benzene rings is 1. The number of nitrogens with two attached hydrogens (primary N) is 1. The quantitative estimate of drug-likeness (QED) is 0.846. The molecule has 1 saturated carbocycles. The number of carbonyl (C=O) groups excluding carboxylic acids is 2. The van der Waals surface area contributed by atoms with Gasteiger partial charge in [-0.15, -0.1) is 0 Å². The van der Waals surface area contributed by atoms with E-state index in [1.54, 1.807) is 19.1 Å². The standard InChI is InChI=1S/C19H27N3O3/c1-22-17(23)10-15(18(22)12-6-8-14(25-2)9-7-12)19(24)21-16-5-3-4-13(16)11-20/h6-9,13,15-16,18H,3-5,10-11,20H2,1-2H3,(H,21,24). The summed E-state index contributed by atoms with van der Waals surface area (Å²) in [5.74, 6) is 0.697. The Bertz CT molecular complexity index is 631. The second-order valence-corrected chi connectivity index (χ2v) is 7.08. The Morgan fingerprint density at radius 1 is 1.32 bits per heavy atom. The van der Waals surface area contributed by atoms with Crippen LogP contribution in [0.5, 0.6) is 5.75 Å². The lowest BCUT2D eigenvalue weighted by molar-refractivity contribution is -0.128. The lowest BCUT2D eigenvalue weighted by Crippen LogP contribution is -2.43. The molecule has 2 aliphatic rings. The summed E-state index contributed by atoms with van der Waals surface area (Å²) >= 11 is 0. The molecule has 4 atom stereocenters. The predicted molar refractivity (Wildman–Crippen MR) is 94.9 cm³/mol. The van der Waals surface area contributed by atoms with Crippen LogP contribution in [0.25, 0.3) is 0 Å². The molecule has 2 amide bonds. The first-order chi connectivity index (χ1) is 12.0. The molecule has 6 heteroatoms. The Hall–Kier alpha value is -2.08. The second kappa shape index (κ2) is 7.44. The van der Waals surface area contributed by atoms with Crippen molar-refractivity contribution in [2.24, 2.45) is 17.6 Å². The monoisotopic (exact) mass is 345 g/mol. The van der Waals surface area contributed by atoms with E-state index in [0.29, 0.717) is 12.5 Å². The fraction of sp³-hybridized carbons (Fsp3) is 0.579. The van der Waals surface area contributed by atoms with Crippen LogP contribution in [-0.4, -0.2) is 43.5 Å². The minimum Gasteiger partial charge on any atom is -0.497 e. The molecule has 0 radical (unpaired) electrons. The number of methoxy groups -OCH3 is 1. The molecule has 0 bridgehead atoms. The number of nitrogens with one attached hydrogen (secondary N) is 1. The smallest absolute Gasteiger partial charge is 0.226 e. The molecule has 0 aromatic heterocycles. The van der Waals surface area contributed by atoms with Gasteiger partial charge in [0.25, 0.3) is 0 Å². The predicted octanol–water partition coefficient (Wildman–Crippen LogP) is 1.46. The molecule has 6 nitrogen and oxygen atoms in total. The summed E-state index contributed by atoms with van der Waals surface area (Å²) < 4.78 is 5.20. The third-order valence-corrected chi connectivity index (χ3v) is 5.67. The fourth-order valence-corrected chi connectivity index (χ4v) is 4.16. The van der Waals surface area contributed by atoms with E-state index >= 15 is 0 Å². The van der Waals surface area contributed by atoms with E-state index in [4.69, 9.17) is 10.5 Å². The van der Waals surface area contributed by atoms with E-state index in [0.717, 1.165) is 30.6 Å². The molecule has 1 aliphatic carbocycles. The van der Waals surface area contributed by atoms with E-state index in [1.807, 2.05) is 24.3 Å². The van der Waals surface area contributed by atoms with Gasteiger partial charge in [0.05, 0.1) is 19.1 Å². The number of ether oxygens (including phenoxy) is 1. The molecule has 1 saturated heterocycles. The van der Waals surface area contributed by atoms with Crippen LogP contribution in [0.2, 0.25) is 0 Å². The van der Waals surface area contributed by atoms with Gasteiger partial charge < -0.3 is 20.7 Å². The van der Waals surface area contributed by atoms with Crippen LogP contribution in [0.1, 0.15) is 37.3 Å². The van der Waals surface area contributed by atoms with E-state index in [2.05, 4.69) is 5.32 Å². The van der Waals surface area contributed by atoms with Crippen LogP contribution in [0, 0.1) is 11.8 Å². The average molecular weight is 345 g/mol. The number of hydrogen-bond acceptors (Lipinski definition) is 4. The molecule has 2 fully saturated rings. The number of carbonyl (C=O) groups is 2. The first-order valence-corrected chi connectivity index (χ1v) is 8.95. The van der Waals surface area contributed by atoms with Crippen molar-refractivity contribution in [1.82, 2.24) is 10.2 Å². The summed E-state index contributed by atoms with van der Waals surface area (Å²) in [5, 5.41) is 3.16. The van der Waals surface area contributed by atoms with E-state index < -0.39 is 0 Å². The number of hydrogen-bond donors (Lipinski definition) is 2. The van der Waals surface area contributed by atoms with Gasteiger partial charge in [0.2, 0.25) is 11.8 Å². The molecule has 3 rings (SSSR count). The Morgan fingerprint density at radius 2 is 2.04 bits per heavy atom. The van der Waals surface area contributed by atoms with E-state index in [9.17, 15) is 9.59 Å². The van der Waals surface area contributed by atoms with Crippen molar-refractivity contribution < 1.29 is 14.3 Å². The first-order valence-electron chi connectivity index (χ1n) is 8.95. The number of nitrogens with zero attached hydrogens (tertiary/aromatic N) is 1. The van der Waals surface area contributed by atoms with Crippen LogP contribution in [0.4, 0.5) is 0 Å². The molecule has 3 N–H and O–H groups in total. The summed E-state index contributed by atoms with van der Waals surface area (Å²) in [5.41, 5.74) is 6.77. The Labute approximate surface area is 148 Å². The second-order valence-electron chi connectivity index (χ2n) is 7.08. The number of likely N-dealkylation sites (tertiary alicyclic amines) is 1. The van der Waals surface area contributed by atoms with Crippen LogP contribution in [0.15, 0.2) is 24.3 Å². The van der Waals surface area contributed by atoms with Gasteiger partial charge in [-0.05, 0) is 43.0 Å². The van der Waals surface area contributed by atoms with Crippen molar-refractivity contribution in [3.05, 3.63) is 29.8 Å². The summed E-state index contributed by atoms with van der Waals surface area (Å²) in [7, 11) is 3.38. The summed E-state index contributed by atoms with van der Waals surface area (Å²) in [6, 6.07) is 7.48. The fourth-order valence-electron chi connectivity index (χ4n) is 4.16. The van der Waals surface area contributed by atoms with Gasteiger partial charge in [-0.1, -0.05) is 18.6 Å².